The molecule has 1 amide bonds. The lowest BCUT2D eigenvalue weighted by atomic mass is 10.1. The maximum Gasteiger partial charge on any atom is 0.273 e. The van der Waals surface area contributed by atoms with E-state index in [1.54, 1.807) is 4.68 Å². The molecule has 2 heterocycles. The Morgan fingerprint density at radius 1 is 1.18 bits per heavy atom. The van der Waals surface area contributed by atoms with Crippen LogP contribution in [0.3, 0.4) is 0 Å². The van der Waals surface area contributed by atoms with Crippen molar-refractivity contribution in [1.82, 2.24) is 14.8 Å². The number of nitrogens with zero attached hydrogens (tertiary/aromatic N) is 3. The molecule has 0 unspecified atom stereocenters. The van der Waals surface area contributed by atoms with Crippen LogP contribution in [0.25, 0.3) is 17.3 Å². The van der Waals surface area contributed by atoms with Gasteiger partial charge in [0.1, 0.15) is 0 Å². The van der Waals surface area contributed by atoms with Crippen LogP contribution in [0.5, 0.6) is 0 Å². The largest absolute Gasteiger partial charge is 0.417 e. The predicted octanol–water partition coefficient (Wildman–Crippen LogP) is 2.55. The zero-order valence-corrected chi connectivity index (χ0v) is 12.6. The summed E-state index contributed by atoms with van der Waals surface area (Å²) in [5.41, 5.74) is 9.06. The van der Waals surface area contributed by atoms with Gasteiger partial charge in [-0.05, 0) is 39.0 Å². The third-order valence-electron chi connectivity index (χ3n) is 3.34. The summed E-state index contributed by atoms with van der Waals surface area (Å²) >= 11 is 0. The Morgan fingerprint density at radius 2 is 1.86 bits per heavy atom. The van der Waals surface area contributed by atoms with E-state index in [0.29, 0.717) is 5.89 Å². The van der Waals surface area contributed by atoms with Crippen LogP contribution in [0.4, 0.5) is 0 Å². The molecule has 0 saturated heterocycles. The number of benzene rings is 1. The number of carbonyl (C=O) groups is 1. The second-order valence-electron chi connectivity index (χ2n) is 5.24. The molecule has 0 radical (unpaired) electrons. The Kier molecular flexibility index (Phi) is 3.29. The molecule has 0 spiro atoms. The molecule has 0 aliphatic rings. The molecule has 6 nitrogen and oxygen atoms in total. The lowest BCUT2D eigenvalue weighted by molar-refractivity contribution is 0.0995. The maximum atomic E-state index is 11.7. The van der Waals surface area contributed by atoms with Gasteiger partial charge in [0.05, 0.1) is 5.69 Å². The van der Waals surface area contributed by atoms with Crippen LogP contribution in [-0.2, 0) is 0 Å². The summed E-state index contributed by atoms with van der Waals surface area (Å²) in [7, 11) is 0. The SMILES string of the molecule is Cc1ccc(-c2nc(C(N)=O)c(-n3nc(C)cc3C)o2)cc1. The smallest absolute Gasteiger partial charge is 0.273 e. The first kappa shape index (κ1) is 14.1. The normalized spacial score (nSPS) is 10.9. The van der Waals surface area contributed by atoms with Gasteiger partial charge < -0.3 is 10.2 Å². The Balaban J connectivity index is 2.16. The van der Waals surface area contributed by atoms with E-state index in [9.17, 15) is 4.79 Å². The van der Waals surface area contributed by atoms with Crippen molar-refractivity contribution in [2.24, 2.45) is 5.73 Å². The molecule has 0 saturated carbocycles. The number of aryl methyl sites for hydroxylation is 3. The molecule has 112 valence electrons. The van der Waals surface area contributed by atoms with E-state index < -0.39 is 5.91 Å². The Labute approximate surface area is 127 Å². The minimum Gasteiger partial charge on any atom is -0.417 e. The molecule has 1 aromatic carbocycles. The monoisotopic (exact) mass is 296 g/mol. The van der Waals surface area contributed by atoms with Crippen molar-refractivity contribution >= 4 is 5.91 Å². The Morgan fingerprint density at radius 3 is 2.41 bits per heavy atom. The van der Waals surface area contributed by atoms with Crippen LogP contribution in [0, 0.1) is 20.8 Å². The van der Waals surface area contributed by atoms with E-state index >= 15 is 0 Å². The summed E-state index contributed by atoms with van der Waals surface area (Å²) in [5, 5.41) is 4.32. The topological polar surface area (TPSA) is 86.9 Å². The van der Waals surface area contributed by atoms with Crippen LogP contribution in [0.2, 0.25) is 0 Å². The van der Waals surface area contributed by atoms with Gasteiger partial charge in [-0.3, -0.25) is 4.79 Å². The van der Waals surface area contributed by atoms with Gasteiger partial charge in [-0.15, -0.1) is 0 Å². The van der Waals surface area contributed by atoms with Crippen molar-refractivity contribution < 1.29 is 9.21 Å². The van der Waals surface area contributed by atoms with Crippen molar-refractivity contribution in [2.45, 2.75) is 20.8 Å². The fourth-order valence-corrected chi connectivity index (χ4v) is 2.27. The van der Waals surface area contributed by atoms with Gasteiger partial charge in [0.25, 0.3) is 11.8 Å². The molecular formula is C16H16N4O2. The van der Waals surface area contributed by atoms with Crippen LogP contribution < -0.4 is 5.73 Å². The van der Waals surface area contributed by atoms with Gasteiger partial charge in [-0.2, -0.15) is 5.10 Å². The molecule has 0 aliphatic carbocycles. The van der Waals surface area contributed by atoms with Crippen LogP contribution >= 0.6 is 0 Å². The zero-order chi connectivity index (χ0) is 15.9. The molecule has 0 fully saturated rings. The summed E-state index contributed by atoms with van der Waals surface area (Å²) in [6.07, 6.45) is 0. The highest BCUT2D eigenvalue weighted by molar-refractivity contribution is 5.94. The summed E-state index contributed by atoms with van der Waals surface area (Å²) in [6, 6.07) is 9.56. The van der Waals surface area contributed by atoms with Gasteiger partial charge in [-0.25, -0.2) is 9.67 Å². The van der Waals surface area contributed by atoms with Gasteiger partial charge in [0.15, 0.2) is 5.69 Å². The number of nitrogens with two attached hydrogens (primary N) is 1. The first-order chi connectivity index (χ1) is 10.5. The van der Waals surface area contributed by atoms with E-state index in [0.717, 1.165) is 22.5 Å². The highest BCUT2D eigenvalue weighted by Gasteiger charge is 2.22. The quantitative estimate of drug-likeness (QED) is 0.804. The van der Waals surface area contributed by atoms with Crippen LogP contribution in [0.1, 0.15) is 27.4 Å². The fourth-order valence-electron chi connectivity index (χ4n) is 2.27. The van der Waals surface area contributed by atoms with E-state index in [1.165, 1.54) is 0 Å². The molecule has 2 aromatic heterocycles. The van der Waals surface area contributed by atoms with E-state index in [1.807, 2.05) is 51.1 Å². The lowest BCUT2D eigenvalue weighted by Crippen LogP contribution is -2.15. The highest BCUT2D eigenvalue weighted by Crippen LogP contribution is 2.25. The van der Waals surface area contributed by atoms with Gasteiger partial charge in [-0.1, -0.05) is 17.7 Å². The fraction of sp³-hybridized carbons (Fsp3) is 0.188. The Bertz CT molecular complexity index is 844. The average Bonchev–Trinajstić information content (AvgIpc) is 3.03. The number of aromatic nitrogens is 3. The maximum absolute atomic E-state index is 11.7. The van der Waals surface area contributed by atoms with Crippen molar-refractivity contribution in [3.63, 3.8) is 0 Å². The summed E-state index contributed by atoms with van der Waals surface area (Å²) in [5.74, 6) is -0.0605. The van der Waals surface area contributed by atoms with Crippen LogP contribution in [-0.4, -0.2) is 20.7 Å². The number of carbonyl (C=O) groups excluding carboxylic acids is 1. The first-order valence-electron chi connectivity index (χ1n) is 6.87. The molecule has 6 heteroatoms. The number of amides is 1. The number of rotatable bonds is 3. The molecule has 3 aromatic rings. The molecule has 0 bridgehead atoms. The van der Waals surface area contributed by atoms with E-state index in [-0.39, 0.29) is 11.6 Å². The van der Waals surface area contributed by atoms with Crippen molar-refractivity contribution in [3.05, 3.63) is 53.0 Å². The standard InChI is InChI=1S/C16H16N4O2/c1-9-4-6-12(7-5-9)15-18-13(14(17)21)16(22-15)20-11(3)8-10(2)19-20/h4-8H,1-3H3,(H2,17,21). The predicted molar refractivity (Wildman–Crippen MR) is 81.8 cm³/mol. The van der Waals surface area contributed by atoms with Gasteiger partial charge in [0, 0.05) is 11.3 Å². The van der Waals surface area contributed by atoms with Crippen molar-refractivity contribution in [3.8, 4) is 17.3 Å². The van der Waals surface area contributed by atoms with Crippen molar-refractivity contribution in [2.75, 3.05) is 0 Å². The Hall–Kier alpha value is -2.89. The molecular weight excluding hydrogens is 280 g/mol. The first-order valence-corrected chi connectivity index (χ1v) is 6.87. The van der Waals surface area contributed by atoms with E-state index in [2.05, 4.69) is 10.1 Å². The summed E-state index contributed by atoms with van der Waals surface area (Å²) in [6.45, 7) is 5.74. The molecule has 0 aliphatic heterocycles. The zero-order valence-electron chi connectivity index (χ0n) is 12.6. The van der Waals surface area contributed by atoms with Crippen LogP contribution in [0.15, 0.2) is 34.7 Å². The number of hydrogen-bond acceptors (Lipinski definition) is 4. The third kappa shape index (κ3) is 2.39. The summed E-state index contributed by atoms with van der Waals surface area (Å²) < 4.78 is 7.31. The molecule has 3 rings (SSSR count). The van der Waals surface area contributed by atoms with Gasteiger partial charge >= 0.3 is 0 Å². The number of hydrogen-bond donors (Lipinski definition) is 1. The summed E-state index contributed by atoms with van der Waals surface area (Å²) in [4.78, 5) is 15.9. The molecule has 2 N–H and O–H groups in total. The number of oxazole rings is 1. The molecule has 0 atom stereocenters. The van der Waals surface area contributed by atoms with Gasteiger partial charge in [0.2, 0.25) is 5.89 Å². The second kappa shape index (κ2) is 5.14. The van der Waals surface area contributed by atoms with E-state index in [4.69, 9.17) is 10.2 Å². The second-order valence-corrected chi connectivity index (χ2v) is 5.24. The average molecular weight is 296 g/mol. The third-order valence-corrected chi connectivity index (χ3v) is 3.34. The highest BCUT2D eigenvalue weighted by atomic mass is 16.4. The molecule has 22 heavy (non-hydrogen) atoms. The van der Waals surface area contributed by atoms with Crippen molar-refractivity contribution in [1.29, 1.82) is 0 Å². The number of primary amides is 1. The minimum atomic E-state index is -0.648. The minimum absolute atomic E-state index is 0.0711. The lowest BCUT2D eigenvalue weighted by Gasteiger charge is -2.00.